The van der Waals surface area contributed by atoms with Crippen molar-refractivity contribution in [3.63, 3.8) is 0 Å². The molecule has 0 atom stereocenters. The third-order valence-electron chi connectivity index (χ3n) is 6.05. The van der Waals surface area contributed by atoms with E-state index in [9.17, 15) is 0 Å². The van der Waals surface area contributed by atoms with Gasteiger partial charge in [0.1, 0.15) is 0 Å². The van der Waals surface area contributed by atoms with Crippen molar-refractivity contribution in [3.8, 4) is 0 Å². The summed E-state index contributed by atoms with van der Waals surface area (Å²) >= 11 is 2.23. The maximum atomic E-state index is 2.43. The molecule has 0 fully saturated rings. The molecule has 0 aliphatic heterocycles. The van der Waals surface area contributed by atoms with Crippen LogP contribution in [0.1, 0.15) is 34.2 Å². The molecule has 1 aliphatic rings. The van der Waals surface area contributed by atoms with Crippen LogP contribution in [0.4, 0.5) is 5.69 Å². The minimum absolute atomic E-state index is 0. The summed E-state index contributed by atoms with van der Waals surface area (Å²) in [6, 6.07) is 18.0. The van der Waals surface area contributed by atoms with Gasteiger partial charge in [-0.25, -0.2) is 0 Å². The zero-order valence-corrected chi connectivity index (χ0v) is 23.1. The minimum atomic E-state index is 0. The Hall–Kier alpha value is -1.55. The second kappa shape index (κ2) is 11.7. The van der Waals surface area contributed by atoms with Crippen LogP contribution < -0.4 is 28.2 Å². The van der Waals surface area contributed by atoms with Crippen molar-refractivity contribution >= 4 is 22.0 Å². The van der Waals surface area contributed by atoms with E-state index in [1.165, 1.54) is 55.4 Å². The molecule has 0 radical (unpaired) electrons. The Labute approximate surface area is 223 Å². The number of aryl methyl sites for hydroxylation is 3. The van der Waals surface area contributed by atoms with E-state index in [4.69, 9.17) is 0 Å². The number of benzene rings is 3. The third kappa shape index (κ3) is 6.12. The van der Waals surface area contributed by atoms with Gasteiger partial charge < -0.3 is 24.8 Å². The first-order valence-corrected chi connectivity index (χ1v) is 11.7. The third-order valence-corrected chi connectivity index (χ3v) is 6.65. The molecule has 5 heteroatoms. The Morgan fingerprint density at radius 2 is 1.55 bits per heavy atom. The van der Waals surface area contributed by atoms with Gasteiger partial charge in [-0.15, -0.1) is 0 Å². The van der Waals surface area contributed by atoms with Gasteiger partial charge in [-0.05, 0) is 0 Å². The van der Waals surface area contributed by atoms with Gasteiger partial charge in [-0.2, -0.15) is 0 Å². The summed E-state index contributed by atoms with van der Waals surface area (Å²) in [5, 5.41) is 2.67. The fraction of sp³-hybridized carbons (Fsp3) is 0.286. The number of hydrogen-bond acceptors (Lipinski definition) is 2. The van der Waals surface area contributed by atoms with E-state index < -0.39 is 0 Å². The quantitative estimate of drug-likeness (QED) is 0.443. The molecular weight excluding hydrogens is 483 g/mol. The van der Waals surface area contributed by atoms with Crippen LogP contribution in [0.2, 0.25) is 0 Å². The molecule has 0 bridgehead atoms. The van der Waals surface area contributed by atoms with E-state index in [2.05, 4.69) is 125 Å². The first-order chi connectivity index (χ1) is 14.8. The van der Waals surface area contributed by atoms with E-state index >= 15 is 0 Å². The van der Waals surface area contributed by atoms with Crippen LogP contribution in [-0.2, 0) is 27.2 Å². The first kappa shape index (κ1) is 27.7. The summed E-state index contributed by atoms with van der Waals surface area (Å²) in [5.74, 6) is 0. The zero-order chi connectivity index (χ0) is 22.1. The second-order valence-electron chi connectivity index (χ2n) is 9.04. The van der Waals surface area contributed by atoms with E-state index in [0.29, 0.717) is 0 Å². The molecule has 3 aromatic rings. The van der Waals surface area contributed by atoms with Crippen molar-refractivity contribution in [2.75, 3.05) is 24.0 Å². The van der Waals surface area contributed by atoms with E-state index in [1.807, 2.05) is 0 Å². The maximum absolute atomic E-state index is 2.43. The molecule has 0 saturated heterocycles. The Morgan fingerprint density at radius 3 is 2.21 bits per heavy atom. The van der Waals surface area contributed by atoms with Crippen LogP contribution in [-0.4, -0.2) is 25.5 Å². The zero-order valence-electron chi connectivity index (χ0n) is 20.0. The SMILES string of the molecule is Cc1cc(C)c([N]([Ti+2])Cc2c(C3=CC(CN(C)C)=CC3)ccc3ccccc23)c(C)c1.[Cl-].[Cl-]. The van der Waals surface area contributed by atoms with E-state index in [0.717, 1.165) is 19.5 Å². The molecule has 0 N–H and O–H groups in total. The van der Waals surface area contributed by atoms with Crippen LogP contribution in [0.5, 0.6) is 0 Å². The van der Waals surface area contributed by atoms with Crippen molar-refractivity contribution in [3.05, 3.63) is 94.1 Å². The standard InChI is InChI=1S/C28H31N2.2ClH.Ti/c1-19-14-20(2)28(21(3)15-19)29-17-27-25-9-7-6-8-23(25)12-13-26(27)24-11-10-22(16-24)18-30(4)5;;;/h6-10,12-16H,11,17-18H2,1-5H3;2*1H;/q-1;;;+3/p-2. The van der Waals surface area contributed by atoms with Gasteiger partial charge in [0, 0.05) is 0 Å². The summed E-state index contributed by atoms with van der Waals surface area (Å²) in [7, 11) is 4.27. The average Bonchev–Trinajstić information content (AvgIpc) is 3.15. The molecule has 4 rings (SSSR count). The smallest absolute Gasteiger partial charge is 1.00 e. The predicted octanol–water partition coefficient (Wildman–Crippen LogP) is 0.517. The van der Waals surface area contributed by atoms with Crippen LogP contribution in [0.25, 0.3) is 16.3 Å². The average molecular weight is 514 g/mol. The molecule has 0 heterocycles. The Morgan fingerprint density at radius 1 is 0.879 bits per heavy atom. The second-order valence-corrected chi connectivity index (χ2v) is 9.88. The number of rotatable bonds is 6. The number of fused-ring (bicyclic) bond motifs is 1. The molecule has 171 valence electrons. The summed E-state index contributed by atoms with van der Waals surface area (Å²) in [6.07, 6.45) is 5.79. The number of likely N-dealkylation sites (N-methyl/N-ethyl adjacent to an activating group) is 1. The minimum Gasteiger partial charge on any atom is -1.00 e. The van der Waals surface area contributed by atoms with Gasteiger partial charge in [0.05, 0.1) is 0 Å². The summed E-state index contributed by atoms with van der Waals surface area (Å²) in [6.45, 7) is 8.52. The molecule has 33 heavy (non-hydrogen) atoms. The molecule has 1 aliphatic carbocycles. The number of halogens is 2. The monoisotopic (exact) mass is 513 g/mol. The number of hydrogen-bond donors (Lipinski definition) is 0. The predicted molar refractivity (Wildman–Crippen MR) is 130 cm³/mol. The molecule has 3 aromatic carbocycles. The van der Waals surface area contributed by atoms with Crippen molar-refractivity contribution in [2.24, 2.45) is 0 Å². The van der Waals surface area contributed by atoms with Crippen LogP contribution in [0.3, 0.4) is 0 Å². The largest absolute Gasteiger partial charge is 1.00 e. The fourth-order valence-corrected chi connectivity index (χ4v) is 5.69. The number of anilines is 1. The summed E-state index contributed by atoms with van der Waals surface area (Å²) in [5.41, 5.74) is 11.0. The molecular formula is C28H31Cl2N2Ti. The van der Waals surface area contributed by atoms with Gasteiger partial charge >= 0.3 is 199 Å². The van der Waals surface area contributed by atoms with Crippen LogP contribution in [0, 0.1) is 20.8 Å². The number of allylic oxidation sites excluding steroid dienone is 2. The molecule has 0 saturated carbocycles. The fourth-order valence-electron chi connectivity index (χ4n) is 4.89. The van der Waals surface area contributed by atoms with Gasteiger partial charge in [-0.3, -0.25) is 0 Å². The van der Waals surface area contributed by atoms with Gasteiger partial charge in [-0.1, -0.05) is 0 Å². The van der Waals surface area contributed by atoms with Crippen molar-refractivity contribution < 1.29 is 45.5 Å². The van der Waals surface area contributed by atoms with Gasteiger partial charge in [0.25, 0.3) is 0 Å². The molecule has 0 spiro atoms. The van der Waals surface area contributed by atoms with Crippen LogP contribution >= 0.6 is 0 Å². The first-order valence-electron chi connectivity index (χ1n) is 11.0. The number of nitrogens with zero attached hydrogens (tertiary/aromatic N) is 2. The van der Waals surface area contributed by atoms with E-state index in [1.54, 1.807) is 0 Å². The topological polar surface area (TPSA) is 6.48 Å². The molecule has 2 nitrogen and oxygen atoms in total. The van der Waals surface area contributed by atoms with Crippen molar-refractivity contribution in [1.29, 1.82) is 0 Å². The van der Waals surface area contributed by atoms with E-state index in [-0.39, 0.29) is 24.8 Å². The normalized spacial score (nSPS) is 12.8. The molecule has 0 aromatic heterocycles. The van der Waals surface area contributed by atoms with Crippen LogP contribution in [0.15, 0.2) is 66.3 Å². The van der Waals surface area contributed by atoms with Gasteiger partial charge in [0.15, 0.2) is 0 Å². The van der Waals surface area contributed by atoms with Crippen molar-refractivity contribution in [2.45, 2.75) is 33.7 Å². The Balaban J connectivity index is 0.00000193. The van der Waals surface area contributed by atoms with Gasteiger partial charge in [0.2, 0.25) is 0 Å². The molecule has 0 unspecified atom stereocenters. The Kier molecular flexibility index (Phi) is 9.85. The Bertz CT molecular complexity index is 1170. The summed E-state index contributed by atoms with van der Waals surface area (Å²) < 4.78 is 2.43. The maximum Gasteiger partial charge on any atom is -1.00 e. The summed E-state index contributed by atoms with van der Waals surface area (Å²) in [4.78, 5) is 2.24. The molecule has 0 amide bonds. The van der Waals surface area contributed by atoms with Crippen molar-refractivity contribution in [1.82, 2.24) is 4.90 Å².